The van der Waals surface area contributed by atoms with Crippen LogP contribution >= 0.6 is 15.9 Å². The molecule has 23 heavy (non-hydrogen) atoms. The summed E-state index contributed by atoms with van der Waals surface area (Å²) in [5.74, 6) is 0.361. The molecule has 5 nitrogen and oxygen atoms in total. The lowest BCUT2D eigenvalue weighted by atomic mass is 10.2. The van der Waals surface area contributed by atoms with Crippen molar-refractivity contribution < 1.29 is 18.8 Å². The summed E-state index contributed by atoms with van der Waals surface area (Å²) in [6, 6.07) is 14.9. The molecule has 3 rings (SSSR count). The van der Waals surface area contributed by atoms with E-state index in [-0.39, 0.29) is 19.0 Å². The van der Waals surface area contributed by atoms with E-state index in [2.05, 4.69) is 21.1 Å². The molecule has 0 unspecified atom stereocenters. The van der Waals surface area contributed by atoms with E-state index in [9.17, 15) is 4.79 Å². The van der Waals surface area contributed by atoms with Crippen LogP contribution in [0.15, 0.2) is 57.5 Å². The van der Waals surface area contributed by atoms with Crippen LogP contribution in [0.3, 0.4) is 0 Å². The Morgan fingerprint density at radius 1 is 1.13 bits per heavy atom. The number of aromatic nitrogens is 1. The smallest absolute Gasteiger partial charge is 0.312 e. The Balaban J connectivity index is 1.46. The van der Waals surface area contributed by atoms with E-state index in [0.29, 0.717) is 17.9 Å². The summed E-state index contributed by atoms with van der Waals surface area (Å²) in [6.07, 6.45) is 0.0773. The summed E-state index contributed by atoms with van der Waals surface area (Å²) in [6.45, 7) is 0.475. The van der Waals surface area contributed by atoms with Crippen molar-refractivity contribution in [1.29, 1.82) is 0 Å². The summed E-state index contributed by atoms with van der Waals surface area (Å²) < 4.78 is 16.8. The maximum atomic E-state index is 11.9. The number of esters is 1. The standard InChI is InChI=1S/C17H14BrNO4/c18-12-4-3-5-13(10-12)21-8-9-22-17(20)11-15-14-6-1-2-7-16(14)23-19-15/h1-7,10H,8-9,11H2. The molecule has 2 aromatic carbocycles. The van der Waals surface area contributed by atoms with Crippen LogP contribution in [-0.4, -0.2) is 24.3 Å². The normalized spacial score (nSPS) is 10.7. The van der Waals surface area contributed by atoms with Gasteiger partial charge in [-0.1, -0.05) is 39.3 Å². The van der Waals surface area contributed by atoms with Crippen molar-refractivity contribution in [3.63, 3.8) is 0 Å². The number of fused-ring (bicyclic) bond motifs is 1. The molecule has 0 atom stereocenters. The summed E-state index contributed by atoms with van der Waals surface area (Å²) in [7, 11) is 0. The number of halogens is 1. The van der Waals surface area contributed by atoms with Crippen LogP contribution in [0, 0.1) is 0 Å². The molecule has 0 amide bonds. The second-order valence-corrected chi connectivity index (χ2v) is 5.74. The van der Waals surface area contributed by atoms with Gasteiger partial charge in [0.25, 0.3) is 0 Å². The van der Waals surface area contributed by atoms with E-state index in [1.807, 2.05) is 48.5 Å². The fourth-order valence-electron chi connectivity index (χ4n) is 2.13. The van der Waals surface area contributed by atoms with Gasteiger partial charge in [0.05, 0.1) is 6.42 Å². The minimum absolute atomic E-state index is 0.0773. The Morgan fingerprint density at radius 2 is 2.00 bits per heavy atom. The van der Waals surface area contributed by atoms with Crippen LogP contribution in [0.2, 0.25) is 0 Å². The fourth-order valence-corrected chi connectivity index (χ4v) is 2.50. The van der Waals surface area contributed by atoms with Crippen molar-refractivity contribution >= 4 is 32.9 Å². The molecule has 0 spiro atoms. The van der Waals surface area contributed by atoms with Crippen LogP contribution in [0.5, 0.6) is 5.75 Å². The molecule has 0 aliphatic heterocycles. The van der Waals surface area contributed by atoms with Gasteiger partial charge in [-0.2, -0.15) is 0 Å². The molecule has 6 heteroatoms. The zero-order valence-corrected chi connectivity index (χ0v) is 13.8. The van der Waals surface area contributed by atoms with Gasteiger partial charge in [-0.15, -0.1) is 0 Å². The van der Waals surface area contributed by atoms with Crippen LogP contribution in [-0.2, 0) is 16.0 Å². The number of hydrogen-bond acceptors (Lipinski definition) is 5. The Labute approximate surface area is 141 Å². The average Bonchev–Trinajstić information content (AvgIpc) is 2.95. The molecular weight excluding hydrogens is 362 g/mol. The number of ether oxygens (including phenoxy) is 2. The zero-order chi connectivity index (χ0) is 16.1. The highest BCUT2D eigenvalue weighted by molar-refractivity contribution is 9.10. The van der Waals surface area contributed by atoms with Crippen LogP contribution in [0.25, 0.3) is 11.0 Å². The van der Waals surface area contributed by atoms with Crippen LogP contribution in [0.4, 0.5) is 0 Å². The Morgan fingerprint density at radius 3 is 2.87 bits per heavy atom. The highest BCUT2D eigenvalue weighted by Gasteiger charge is 2.12. The molecule has 1 heterocycles. The summed E-state index contributed by atoms with van der Waals surface area (Å²) >= 11 is 3.37. The van der Waals surface area contributed by atoms with E-state index in [1.54, 1.807) is 0 Å². The SMILES string of the molecule is O=C(Cc1noc2ccccc12)OCCOc1cccc(Br)c1. The molecule has 0 fully saturated rings. The first-order valence-electron chi connectivity index (χ1n) is 7.09. The quantitative estimate of drug-likeness (QED) is 0.484. The van der Waals surface area contributed by atoms with E-state index in [4.69, 9.17) is 14.0 Å². The monoisotopic (exact) mass is 375 g/mol. The topological polar surface area (TPSA) is 61.6 Å². The lowest BCUT2D eigenvalue weighted by Crippen LogP contribution is -2.14. The van der Waals surface area contributed by atoms with Gasteiger partial charge < -0.3 is 14.0 Å². The predicted octanol–water partition coefficient (Wildman–Crippen LogP) is 3.76. The summed E-state index contributed by atoms with van der Waals surface area (Å²) in [5, 5.41) is 4.74. The highest BCUT2D eigenvalue weighted by Crippen LogP contribution is 2.19. The highest BCUT2D eigenvalue weighted by atomic mass is 79.9. The number of rotatable bonds is 6. The molecule has 0 saturated heterocycles. The van der Waals surface area contributed by atoms with Crippen molar-refractivity contribution in [2.24, 2.45) is 0 Å². The van der Waals surface area contributed by atoms with Gasteiger partial charge in [0.2, 0.25) is 0 Å². The number of carbonyl (C=O) groups excluding carboxylic acids is 1. The van der Waals surface area contributed by atoms with Gasteiger partial charge >= 0.3 is 5.97 Å². The largest absolute Gasteiger partial charge is 0.490 e. The molecular formula is C17H14BrNO4. The lowest BCUT2D eigenvalue weighted by Gasteiger charge is -2.07. The summed E-state index contributed by atoms with van der Waals surface area (Å²) in [5.41, 5.74) is 1.24. The number of hydrogen-bond donors (Lipinski definition) is 0. The molecule has 0 N–H and O–H groups in total. The third-order valence-corrected chi connectivity index (χ3v) is 3.67. The van der Waals surface area contributed by atoms with Crippen molar-refractivity contribution in [2.45, 2.75) is 6.42 Å². The predicted molar refractivity (Wildman–Crippen MR) is 88.3 cm³/mol. The first-order valence-corrected chi connectivity index (χ1v) is 7.89. The number of carbonyl (C=O) groups is 1. The average molecular weight is 376 g/mol. The molecule has 118 valence electrons. The Bertz CT molecular complexity index is 815. The van der Waals surface area contributed by atoms with Gasteiger partial charge in [-0.05, 0) is 30.3 Å². The van der Waals surface area contributed by atoms with E-state index < -0.39 is 0 Å². The maximum Gasteiger partial charge on any atom is 0.312 e. The van der Waals surface area contributed by atoms with Gasteiger partial charge in [0.1, 0.15) is 24.7 Å². The molecule has 3 aromatic rings. The van der Waals surface area contributed by atoms with Crippen molar-refractivity contribution in [1.82, 2.24) is 5.16 Å². The second kappa shape index (κ2) is 7.28. The Kier molecular flexibility index (Phi) is 4.92. The lowest BCUT2D eigenvalue weighted by molar-refractivity contribution is -0.143. The fraction of sp³-hybridized carbons (Fsp3) is 0.176. The molecule has 0 bridgehead atoms. The minimum Gasteiger partial charge on any atom is -0.490 e. The maximum absolute atomic E-state index is 11.9. The number of benzene rings is 2. The van der Waals surface area contributed by atoms with Gasteiger partial charge in [0, 0.05) is 9.86 Å². The van der Waals surface area contributed by atoms with E-state index in [1.165, 1.54) is 0 Å². The Hall–Kier alpha value is -2.34. The van der Waals surface area contributed by atoms with Crippen molar-refractivity contribution in [3.05, 3.63) is 58.7 Å². The summed E-state index contributed by atoms with van der Waals surface area (Å²) in [4.78, 5) is 11.9. The molecule has 0 radical (unpaired) electrons. The second-order valence-electron chi connectivity index (χ2n) is 4.83. The number of para-hydroxylation sites is 1. The van der Waals surface area contributed by atoms with Gasteiger partial charge in [-0.25, -0.2) is 0 Å². The first-order chi connectivity index (χ1) is 11.2. The zero-order valence-electron chi connectivity index (χ0n) is 12.2. The molecule has 0 saturated carbocycles. The number of nitrogens with zero attached hydrogens (tertiary/aromatic N) is 1. The molecule has 0 aliphatic carbocycles. The third-order valence-electron chi connectivity index (χ3n) is 3.18. The van der Waals surface area contributed by atoms with Crippen molar-refractivity contribution in [2.75, 3.05) is 13.2 Å². The van der Waals surface area contributed by atoms with Crippen LogP contribution < -0.4 is 4.74 Å². The first kappa shape index (κ1) is 15.6. The van der Waals surface area contributed by atoms with Gasteiger partial charge in [0.15, 0.2) is 5.58 Å². The molecule has 0 aliphatic rings. The van der Waals surface area contributed by atoms with Gasteiger partial charge in [-0.3, -0.25) is 4.79 Å². The van der Waals surface area contributed by atoms with E-state index >= 15 is 0 Å². The van der Waals surface area contributed by atoms with Crippen LogP contribution in [0.1, 0.15) is 5.69 Å². The minimum atomic E-state index is -0.359. The van der Waals surface area contributed by atoms with E-state index in [0.717, 1.165) is 15.6 Å². The molecule has 1 aromatic heterocycles. The third kappa shape index (κ3) is 4.10. The van der Waals surface area contributed by atoms with Crippen molar-refractivity contribution in [3.8, 4) is 5.75 Å².